The summed E-state index contributed by atoms with van der Waals surface area (Å²) in [6, 6.07) is 0. The van der Waals surface area contributed by atoms with Crippen molar-refractivity contribution in [3.05, 3.63) is 0 Å². The Bertz CT molecular complexity index is 344. The van der Waals surface area contributed by atoms with Crippen molar-refractivity contribution >= 4 is 11.8 Å². The van der Waals surface area contributed by atoms with Gasteiger partial charge >= 0.3 is 0 Å². The first-order valence-electron chi connectivity index (χ1n) is 7.94. The smallest absolute Gasteiger partial charge is 0.224 e. The maximum absolute atomic E-state index is 12.1. The van der Waals surface area contributed by atoms with Gasteiger partial charge in [-0.3, -0.25) is 9.59 Å². The van der Waals surface area contributed by atoms with Crippen LogP contribution in [0, 0.1) is 11.8 Å². The van der Waals surface area contributed by atoms with E-state index >= 15 is 0 Å². The van der Waals surface area contributed by atoms with E-state index in [1.54, 1.807) is 7.11 Å². The van der Waals surface area contributed by atoms with Crippen molar-refractivity contribution in [3.63, 3.8) is 0 Å². The average Bonchev–Trinajstić information content (AvgIpc) is 2.52. The highest BCUT2D eigenvalue weighted by Crippen LogP contribution is 2.17. The fourth-order valence-electron chi connectivity index (χ4n) is 2.98. The summed E-state index contributed by atoms with van der Waals surface area (Å²) in [5, 5.41) is 5.82. The van der Waals surface area contributed by atoms with Crippen molar-refractivity contribution in [2.75, 3.05) is 46.4 Å². The van der Waals surface area contributed by atoms with E-state index in [0.29, 0.717) is 25.3 Å². The minimum absolute atomic E-state index is 0.0514. The fraction of sp³-hybridized carbons (Fsp3) is 0.867. The lowest BCUT2D eigenvalue weighted by atomic mass is 9.95. The van der Waals surface area contributed by atoms with E-state index in [9.17, 15) is 9.59 Å². The summed E-state index contributed by atoms with van der Waals surface area (Å²) in [5.74, 6) is 0.676. The number of methoxy groups -OCH3 is 1. The van der Waals surface area contributed by atoms with Crippen molar-refractivity contribution in [2.45, 2.75) is 25.7 Å². The monoisotopic (exact) mass is 297 g/mol. The molecule has 2 aliphatic rings. The first-order chi connectivity index (χ1) is 10.2. The van der Waals surface area contributed by atoms with Gasteiger partial charge in [0.25, 0.3) is 0 Å². The molecule has 2 heterocycles. The first kappa shape index (κ1) is 16.2. The highest BCUT2D eigenvalue weighted by molar-refractivity contribution is 5.83. The molecule has 0 radical (unpaired) electrons. The summed E-state index contributed by atoms with van der Waals surface area (Å²) in [4.78, 5) is 25.6. The second-order valence-electron chi connectivity index (χ2n) is 6.06. The summed E-state index contributed by atoms with van der Waals surface area (Å²) in [5.41, 5.74) is 0. The Hall–Kier alpha value is -1.14. The summed E-state index contributed by atoms with van der Waals surface area (Å²) in [6.45, 7) is 5.21. The molecule has 6 nitrogen and oxygen atoms in total. The lowest BCUT2D eigenvalue weighted by molar-refractivity contribution is -0.129. The van der Waals surface area contributed by atoms with Crippen molar-refractivity contribution in [3.8, 4) is 0 Å². The van der Waals surface area contributed by atoms with Gasteiger partial charge in [-0.15, -0.1) is 0 Å². The molecular formula is C15H27N3O3. The molecule has 0 aliphatic carbocycles. The summed E-state index contributed by atoms with van der Waals surface area (Å²) >= 11 is 0. The number of ether oxygens (including phenoxy) is 1. The molecule has 1 atom stereocenters. The molecule has 0 aromatic heterocycles. The molecule has 2 saturated heterocycles. The molecule has 21 heavy (non-hydrogen) atoms. The minimum Gasteiger partial charge on any atom is -0.383 e. The van der Waals surface area contributed by atoms with Crippen LogP contribution in [0.4, 0.5) is 0 Å². The van der Waals surface area contributed by atoms with Crippen LogP contribution in [0.2, 0.25) is 0 Å². The van der Waals surface area contributed by atoms with Crippen molar-refractivity contribution in [1.29, 1.82) is 0 Å². The zero-order valence-corrected chi connectivity index (χ0v) is 12.9. The highest BCUT2D eigenvalue weighted by Gasteiger charge is 2.25. The fourth-order valence-corrected chi connectivity index (χ4v) is 2.98. The van der Waals surface area contributed by atoms with Gasteiger partial charge in [-0.05, 0) is 38.3 Å². The van der Waals surface area contributed by atoms with Crippen LogP contribution in [-0.2, 0) is 14.3 Å². The molecule has 120 valence electrons. The van der Waals surface area contributed by atoms with Gasteiger partial charge in [-0.2, -0.15) is 0 Å². The van der Waals surface area contributed by atoms with Crippen molar-refractivity contribution in [1.82, 2.24) is 15.5 Å². The van der Waals surface area contributed by atoms with Crippen LogP contribution >= 0.6 is 0 Å². The highest BCUT2D eigenvalue weighted by atomic mass is 16.5. The summed E-state index contributed by atoms with van der Waals surface area (Å²) in [7, 11) is 1.73. The molecule has 0 spiro atoms. The van der Waals surface area contributed by atoms with E-state index in [-0.39, 0.29) is 17.7 Å². The van der Waals surface area contributed by atoms with E-state index in [1.807, 2.05) is 0 Å². The second kappa shape index (κ2) is 8.34. The van der Waals surface area contributed by atoms with Crippen LogP contribution in [0.5, 0.6) is 0 Å². The van der Waals surface area contributed by atoms with E-state index in [1.165, 1.54) is 0 Å². The number of piperidine rings is 2. The van der Waals surface area contributed by atoms with Crippen LogP contribution in [0.1, 0.15) is 25.7 Å². The van der Waals surface area contributed by atoms with Gasteiger partial charge in [0.1, 0.15) is 0 Å². The van der Waals surface area contributed by atoms with Crippen molar-refractivity contribution in [2.24, 2.45) is 11.8 Å². The zero-order valence-electron chi connectivity index (χ0n) is 12.9. The van der Waals surface area contributed by atoms with E-state index in [0.717, 1.165) is 45.6 Å². The molecule has 2 amide bonds. The molecule has 0 saturated carbocycles. The molecule has 0 bridgehead atoms. The number of likely N-dealkylation sites (tertiary alicyclic amines) is 1. The number of nitrogens with zero attached hydrogens (tertiary/aromatic N) is 1. The van der Waals surface area contributed by atoms with Crippen LogP contribution in [-0.4, -0.2) is 63.2 Å². The number of amides is 2. The van der Waals surface area contributed by atoms with E-state index in [4.69, 9.17) is 4.74 Å². The van der Waals surface area contributed by atoms with Gasteiger partial charge < -0.3 is 20.3 Å². The SMILES string of the molecule is COCCN1CCC(CNC(=O)C2CCC(=O)NC2)CC1. The van der Waals surface area contributed by atoms with Gasteiger partial charge in [0, 0.05) is 33.2 Å². The molecule has 1 unspecified atom stereocenters. The summed E-state index contributed by atoms with van der Waals surface area (Å²) < 4.78 is 5.10. The van der Waals surface area contributed by atoms with E-state index in [2.05, 4.69) is 15.5 Å². The predicted octanol–water partition coefficient (Wildman–Crippen LogP) is -0.0128. The number of hydrogen-bond donors (Lipinski definition) is 2. The Balaban J connectivity index is 1.61. The van der Waals surface area contributed by atoms with Gasteiger partial charge in [0.15, 0.2) is 0 Å². The standard InChI is InChI=1S/C15H27N3O3/c1-21-9-8-18-6-4-12(5-7-18)10-17-15(20)13-2-3-14(19)16-11-13/h12-13H,2-11H2,1H3,(H,16,19)(H,17,20). The lowest BCUT2D eigenvalue weighted by Gasteiger charge is -2.32. The largest absolute Gasteiger partial charge is 0.383 e. The third-order valence-electron chi connectivity index (χ3n) is 4.52. The predicted molar refractivity (Wildman–Crippen MR) is 79.8 cm³/mol. The molecule has 0 aromatic carbocycles. The summed E-state index contributed by atoms with van der Waals surface area (Å²) in [6.07, 6.45) is 3.40. The Kier molecular flexibility index (Phi) is 6.45. The second-order valence-corrected chi connectivity index (χ2v) is 6.06. The molecule has 6 heteroatoms. The van der Waals surface area contributed by atoms with Gasteiger partial charge in [0.05, 0.1) is 12.5 Å². The van der Waals surface area contributed by atoms with Crippen LogP contribution in [0.15, 0.2) is 0 Å². The van der Waals surface area contributed by atoms with Gasteiger partial charge in [-0.1, -0.05) is 0 Å². The number of carbonyl (C=O) groups is 2. The Labute approximate surface area is 126 Å². The van der Waals surface area contributed by atoms with Gasteiger partial charge in [-0.25, -0.2) is 0 Å². The lowest BCUT2D eigenvalue weighted by Crippen LogP contribution is -2.45. The molecule has 2 N–H and O–H groups in total. The minimum atomic E-state index is -0.0514. The molecule has 2 rings (SSSR count). The Morgan fingerprint density at radius 1 is 1.38 bits per heavy atom. The third kappa shape index (κ3) is 5.28. The maximum atomic E-state index is 12.1. The number of hydrogen-bond acceptors (Lipinski definition) is 4. The first-order valence-corrected chi connectivity index (χ1v) is 7.94. The quantitative estimate of drug-likeness (QED) is 0.723. The molecule has 2 fully saturated rings. The normalized spacial score (nSPS) is 24.6. The zero-order chi connectivity index (χ0) is 15.1. The third-order valence-corrected chi connectivity index (χ3v) is 4.52. The Morgan fingerprint density at radius 3 is 2.76 bits per heavy atom. The Morgan fingerprint density at radius 2 is 2.14 bits per heavy atom. The van der Waals surface area contributed by atoms with Crippen molar-refractivity contribution < 1.29 is 14.3 Å². The topological polar surface area (TPSA) is 70.7 Å². The number of carbonyl (C=O) groups excluding carboxylic acids is 2. The molecule has 0 aromatic rings. The number of nitrogens with one attached hydrogen (secondary N) is 2. The maximum Gasteiger partial charge on any atom is 0.224 e. The molecule has 2 aliphatic heterocycles. The van der Waals surface area contributed by atoms with Crippen LogP contribution in [0.3, 0.4) is 0 Å². The average molecular weight is 297 g/mol. The van der Waals surface area contributed by atoms with E-state index < -0.39 is 0 Å². The number of rotatable bonds is 6. The van der Waals surface area contributed by atoms with Crippen LogP contribution in [0.25, 0.3) is 0 Å². The molecular weight excluding hydrogens is 270 g/mol. The van der Waals surface area contributed by atoms with Crippen LogP contribution < -0.4 is 10.6 Å². The van der Waals surface area contributed by atoms with Gasteiger partial charge in [0.2, 0.25) is 11.8 Å².